The Morgan fingerprint density at radius 2 is 1.61 bits per heavy atom. The normalized spacial score (nSPS) is 13.8. The van der Waals surface area contributed by atoms with E-state index in [4.69, 9.17) is 5.73 Å². The molecule has 0 fully saturated rings. The van der Waals surface area contributed by atoms with Gasteiger partial charge in [0.15, 0.2) is 5.78 Å². The van der Waals surface area contributed by atoms with Crippen LogP contribution >= 0.6 is 0 Å². The third kappa shape index (κ3) is 2.35. The monoisotopic (exact) mass is 243 g/mol. The van der Waals surface area contributed by atoms with E-state index in [9.17, 15) is 14.7 Å². The van der Waals surface area contributed by atoms with E-state index in [1.54, 1.807) is 12.1 Å². The van der Waals surface area contributed by atoms with Crippen LogP contribution in [0, 0.1) is 0 Å². The number of nitrogens with zero attached hydrogens (tertiary/aromatic N) is 1. The van der Waals surface area contributed by atoms with Gasteiger partial charge in [0.2, 0.25) is 0 Å². The molecule has 3 N–H and O–H groups in total. The van der Waals surface area contributed by atoms with Crippen molar-refractivity contribution < 1.29 is 19.3 Å². The SMILES string of the molecule is NC(=O)[N+](=C1C=CC(=O)C=C1)c1ccc(O)cc1. The second kappa shape index (κ2) is 4.67. The summed E-state index contributed by atoms with van der Waals surface area (Å²) in [5.74, 6) is -0.0491. The predicted molar refractivity (Wildman–Crippen MR) is 65.9 cm³/mol. The quantitative estimate of drug-likeness (QED) is 0.575. The molecule has 0 saturated heterocycles. The number of aromatic hydroxyl groups is 1. The molecule has 1 aliphatic carbocycles. The van der Waals surface area contributed by atoms with Crippen molar-refractivity contribution in [3.63, 3.8) is 0 Å². The first-order valence-corrected chi connectivity index (χ1v) is 5.23. The summed E-state index contributed by atoms with van der Waals surface area (Å²) in [6, 6.07) is 5.36. The molecule has 5 heteroatoms. The molecule has 18 heavy (non-hydrogen) atoms. The standard InChI is InChI=1S/C13H10N2O3/c14-13(18)15(9-1-5-11(16)6-2-9)10-3-7-12(17)8-4-10/h1-8H,(H2-,14,16,17,18)/p+1. The van der Waals surface area contributed by atoms with E-state index in [0.29, 0.717) is 11.4 Å². The zero-order valence-corrected chi connectivity index (χ0v) is 9.41. The maximum atomic E-state index is 11.5. The molecule has 0 bridgehead atoms. The zero-order chi connectivity index (χ0) is 13.1. The summed E-state index contributed by atoms with van der Waals surface area (Å²) in [5.41, 5.74) is 6.33. The van der Waals surface area contributed by atoms with Gasteiger partial charge in [-0.3, -0.25) is 10.5 Å². The average Bonchev–Trinajstić information content (AvgIpc) is 2.34. The van der Waals surface area contributed by atoms with Gasteiger partial charge in [-0.25, -0.2) is 0 Å². The highest BCUT2D eigenvalue weighted by atomic mass is 16.3. The van der Waals surface area contributed by atoms with Crippen LogP contribution in [0.4, 0.5) is 10.5 Å². The van der Waals surface area contributed by atoms with Crippen LogP contribution in [0.2, 0.25) is 0 Å². The van der Waals surface area contributed by atoms with Gasteiger partial charge in [-0.1, -0.05) is 0 Å². The van der Waals surface area contributed by atoms with E-state index >= 15 is 0 Å². The molecule has 0 heterocycles. The van der Waals surface area contributed by atoms with Crippen molar-refractivity contribution in [3.8, 4) is 5.75 Å². The van der Waals surface area contributed by atoms with E-state index in [1.165, 1.54) is 41.0 Å². The summed E-state index contributed by atoms with van der Waals surface area (Å²) in [4.78, 5) is 22.5. The lowest BCUT2D eigenvalue weighted by Crippen LogP contribution is -2.28. The summed E-state index contributed by atoms with van der Waals surface area (Å²) in [7, 11) is 0. The number of rotatable bonds is 1. The molecule has 1 aromatic carbocycles. The van der Waals surface area contributed by atoms with Crippen molar-refractivity contribution >= 4 is 23.2 Å². The Hall–Kier alpha value is -2.69. The lowest BCUT2D eigenvalue weighted by Gasteiger charge is -2.06. The first-order valence-electron chi connectivity index (χ1n) is 5.23. The van der Waals surface area contributed by atoms with Gasteiger partial charge in [-0.15, -0.1) is 0 Å². The first-order chi connectivity index (χ1) is 8.58. The maximum absolute atomic E-state index is 11.5. The zero-order valence-electron chi connectivity index (χ0n) is 9.41. The molecule has 0 aromatic heterocycles. The molecule has 5 nitrogen and oxygen atoms in total. The number of amides is 2. The fourth-order valence-electron chi connectivity index (χ4n) is 1.60. The number of hydrogen-bond donors (Lipinski definition) is 2. The van der Waals surface area contributed by atoms with Crippen molar-refractivity contribution in [2.24, 2.45) is 5.73 Å². The Morgan fingerprint density at radius 1 is 1.06 bits per heavy atom. The van der Waals surface area contributed by atoms with E-state index < -0.39 is 6.03 Å². The summed E-state index contributed by atoms with van der Waals surface area (Å²) >= 11 is 0. The first kappa shape index (κ1) is 11.8. The number of primary amides is 1. The van der Waals surface area contributed by atoms with Crippen LogP contribution in [0.1, 0.15) is 0 Å². The number of urea groups is 1. The largest absolute Gasteiger partial charge is 0.508 e. The van der Waals surface area contributed by atoms with Gasteiger partial charge in [0, 0.05) is 0 Å². The fourth-order valence-corrected chi connectivity index (χ4v) is 1.60. The number of nitrogens with two attached hydrogens (primary N) is 1. The number of benzene rings is 1. The van der Waals surface area contributed by atoms with Crippen molar-refractivity contribution in [2.75, 3.05) is 0 Å². The molecule has 0 atom stereocenters. The van der Waals surface area contributed by atoms with Crippen LogP contribution < -0.4 is 5.73 Å². The van der Waals surface area contributed by atoms with Gasteiger partial charge in [0.25, 0.3) is 0 Å². The van der Waals surface area contributed by atoms with Crippen molar-refractivity contribution in [3.05, 3.63) is 48.6 Å². The Balaban J connectivity index is 2.53. The Morgan fingerprint density at radius 3 is 2.11 bits per heavy atom. The molecule has 90 valence electrons. The van der Waals surface area contributed by atoms with Gasteiger partial charge in [-0.05, 0) is 48.6 Å². The number of ketones is 1. The molecule has 0 saturated carbocycles. The maximum Gasteiger partial charge on any atom is 0.494 e. The molecule has 1 aromatic rings. The van der Waals surface area contributed by atoms with Gasteiger partial charge in [0.05, 0.1) is 0 Å². The number of phenolic OH excluding ortho intramolecular Hbond substituents is 1. The highest BCUT2D eigenvalue weighted by Crippen LogP contribution is 2.17. The molecular weight excluding hydrogens is 232 g/mol. The molecular formula is C13H11N2O3+. The number of allylic oxidation sites excluding steroid dienone is 4. The average molecular weight is 243 g/mol. The molecule has 0 spiro atoms. The van der Waals surface area contributed by atoms with Crippen LogP contribution in [0.3, 0.4) is 0 Å². The fraction of sp³-hybridized carbons (Fsp3) is 0. The van der Waals surface area contributed by atoms with Crippen molar-refractivity contribution in [1.29, 1.82) is 0 Å². The summed E-state index contributed by atoms with van der Waals surface area (Å²) in [6.45, 7) is 0. The van der Waals surface area contributed by atoms with Crippen LogP contribution in [-0.4, -0.2) is 27.2 Å². The van der Waals surface area contributed by atoms with Crippen LogP contribution in [0.5, 0.6) is 5.75 Å². The lowest BCUT2D eigenvalue weighted by molar-refractivity contribution is -0.328. The Kier molecular flexibility index (Phi) is 3.05. The highest BCUT2D eigenvalue weighted by molar-refractivity contribution is 6.15. The molecule has 0 aliphatic heterocycles. The third-order valence-corrected chi connectivity index (χ3v) is 2.42. The summed E-state index contributed by atoms with van der Waals surface area (Å²) < 4.78 is 1.25. The minimum atomic E-state index is -0.667. The van der Waals surface area contributed by atoms with Gasteiger partial charge in [0.1, 0.15) is 17.1 Å². The van der Waals surface area contributed by atoms with Crippen LogP contribution in [0.25, 0.3) is 0 Å². The minimum Gasteiger partial charge on any atom is -0.508 e. The second-order valence-electron chi connectivity index (χ2n) is 3.68. The van der Waals surface area contributed by atoms with Gasteiger partial charge >= 0.3 is 6.03 Å². The Bertz CT molecular complexity index is 577. The predicted octanol–water partition coefficient (Wildman–Crippen LogP) is 1.25. The number of carbonyl (C=O) groups excluding carboxylic acids is 2. The topological polar surface area (TPSA) is 83.4 Å². The smallest absolute Gasteiger partial charge is 0.494 e. The number of hydrogen-bond acceptors (Lipinski definition) is 3. The third-order valence-electron chi connectivity index (χ3n) is 2.42. The summed E-state index contributed by atoms with van der Waals surface area (Å²) in [6.07, 6.45) is 5.73. The minimum absolute atomic E-state index is 0.0954. The van der Waals surface area contributed by atoms with Crippen molar-refractivity contribution in [2.45, 2.75) is 0 Å². The Labute approximate surface area is 103 Å². The number of carbonyl (C=O) groups is 2. The molecule has 1 aliphatic rings. The van der Waals surface area contributed by atoms with E-state index in [2.05, 4.69) is 0 Å². The molecule has 0 radical (unpaired) electrons. The van der Waals surface area contributed by atoms with E-state index in [-0.39, 0.29) is 11.5 Å². The summed E-state index contributed by atoms with van der Waals surface area (Å²) in [5, 5.41) is 9.21. The highest BCUT2D eigenvalue weighted by Gasteiger charge is 2.18. The lowest BCUT2D eigenvalue weighted by atomic mass is 10.1. The molecule has 2 rings (SSSR count). The molecule has 0 unspecified atom stereocenters. The van der Waals surface area contributed by atoms with Crippen LogP contribution in [-0.2, 0) is 4.79 Å². The van der Waals surface area contributed by atoms with E-state index in [0.717, 1.165) is 0 Å². The number of phenols is 1. The van der Waals surface area contributed by atoms with Gasteiger partial charge in [-0.2, -0.15) is 9.37 Å². The van der Waals surface area contributed by atoms with Crippen LogP contribution in [0.15, 0.2) is 48.6 Å². The van der Waals surface area contributed by atoms with Gasteiger partial charge < -0.3 is 5.11 Å². The van der Waals surface area contributed by atoms with Crippen molar-refractivity contribution in [1.82, 2.24) is 0 Å². The van der Waals surface area contributed by atoms with E-state index in [1.807, 2.05) is 0 Å². The second-order valence-corrected chi connectivity index (χ2v) is 3.68. The molecule has 2 amide bonds.